The number of hydrogen-bond donors (Lipinski definition) is 0. The Morgan fingerprint density at radius 1 is 1.26 bits per heavy atom. The van der Waals surface area contributed by atoms with Gasteiger partial charge in [-0.1, -0.05) is 30.3 Å². The summed E-state index contributed by atoms with van der Waals surface area (Å²) in [7, 11) is 4.25. The summed E-state index contributed by atoms with van der Waals surface area (Å²) < 4.78 is 20.1. The van der Waals surface area contributed by atoms with Crippen LogP contribution in [0, 0.1) is 11.3 Å². The first kappa shape index (κ1) is 28.8. The number of rotatable bonds is 6. The van der Waals surface area contributed by atoms with Crippen molar-refractivity contribution < 1.29 is 13.9 Å². The minimum Gasteiger partial charge on any atom is -0.462 e. The van der Waals surface area contributed by atoms with Crippen LogP contribution in [-0.2, 0) is 29.7 Å². The zero-order chi connectivity index (χ0) is 29.6. The van der Waals surface area contributed by atoms with E-state index in [0.29, 0.717) is 44.7 Å². The topological polar surface area (TPSA) is 88.8 Å². The lowest BCUT2D eigenvalue weighted by Gasteiger charge is -2.46. The van der Waals surface area contributed by atoms with Gasteiger partial charge in [-0.3, -0.25) is 9.69 Å². The lowest BCUT2D eigenvalue weighted by Crippen LogP contribution is -2.56. The van der Waals surface area contributed by atoms with E-state index in [2.05, 4.69) is 47.5 Å². The number of amides is 1. The van der Waals surface area contributed by atoms with Crippen molar-refractivity contribution in [2.24, 2.45) is 0 Å². The van der Waals surface area contributed by atoms with Crippen LogP contribution in [0.4, 0.5) is 10.2 Å². The maximum absolute atomic E-state index is 13.8. The van der Waals surface area contributed by atoms with E-state index in [-0.39, 0.29) is 18.5 Å². The molecule has 1 aromatic heterocycles. The van der Waals surface area contributed by atoms with E-state index in [1.807, 2.05) is 12.1 Å². The van der Waals surface area contributed by atoms with Crippen LogP contribution in [0.3, 0.4) is 0 Å². The number of ether oxygens (including phenoxy) is 1. The fourth-order valence-electron chi connectivity index (χ4n) is 7.36. The average Bonchev–Trinajstić information content (AvgIpc) is 3.56. The van der Waals surface area contributed by atoms with E-state index >= 15 is 0 Å². The van der Waals surface area contributed by atoms with Gasteiger partial charge in [0.1, 0.15) is 12.4 Å². The number of likely N-dealkylation sites (tertiary alicyclic amines) is 1. The lowest BCUT2D eigenvalue weighted by molar-refractivity contribution is -0.131. The number of benzene rings is 1. The third-order valence-corrected chi connectivity index (χ3v) is 10.0. The number of fused-ring (bicyclic) bond motifs is 3. The highest BCUT2D eigenvalue weighted by Crippen LogP contribution is 2.50. The minimum atomic E-state index is -1.01. The molecule has 0 N–H and O–H groups in total. The van der Waals surface area contributed by atoms with Crippen molar-refractivity contribution in [2.75, 3.05) is 51.8 Å². The van der Waals surface area contributed by atoms with Crippen molar-refractivity contribution >= 4 is 23.3 Å². The Labute approximate surface area is 251 Å². The van der Waals surface area contributed by atoms with Gasteiger partial charge in [-0.2, -0.15) is 15.2 Å². The minimum absolute atomic E-state index is 0.0818. The maximum atomic E-state index is 13.8. The highest BCUT2D eigenvalue weighted by molar-refractivity contribution is 6.31. The zero-order valence-corrected chi connectivity index (χ0v) is 25.0. The summed E-state index contributed by atoms with van der Waals surface area (Å²) in [6.07, 6.45) is 4.87. The highest BCUT2D eigenvalue weighted by Gasteiger charge is 2.48. The summed E-state index contributed by atoms with van der Waals surface area (Å²) >= 11 is 6.82. The fraction of sp³-hybridized carbons (Fsp3) is 0.548. The number of carbonyl (C=O) groups excluding carboxylic acids is 1. The van der Waals surface area contributed by atoms with Crippen LogP contribution < -0.4 is 9.64 Å². The van der Waals surface area contributed by atoms with Gasteiger partial charge >= 0.3 is 6.01 Å². The number of aryl methyl sites for hydroxylation is 1. The Hall–Kier alpha value is -3.26. The van der Waals surface area contributed by atoms with Crippen LogP contribution in [0.1, 0.15) is 48.1 Å². The summed E-state index contributed by atoms with van der Waals surface area (Å²) in [4.78, 5) is 30.7. The maximum Gasteiger partial charge on any atom is 0.318 e. The molecule has 1 spiro atoms. The summed E-state index contributed by atoms with van der Waals surface area (Å²) in [5.74, 6) is -1.02. The lowest BCUT2D eigenvalue weighted by atomic mass is 9.81. The van der Waals surface area contributed by atoms with E-state index in [0.717, 1.165) is 54.3 Å². The molecule has 6 rings (SSSR count). The molecule has 9 nitrogen and oxygen atoms in total. The standard InChI is InChI=1S/C31H37ClFN7O2/c1-20(33)29(41)40-15-14-39(17-22(40)10-12-34)28-24-18-38(3)31(11-9-21-6-4-8-25(32)27(21)31)16-26(24)35-30(36-28)42-19-23-7-5-13-37(23)2/h4,6,8,22-23H,1,5,7,9-11,13-19H2,2-3H3/t22-,23-,31?/m0/s1. The molecule has 1 aromatic carbocycles. The van der Waals surface area contributed by atoms with Gasteiger partial charge in [0.05, 0.1) is 29.8 Å². The van der Waals surface area contributed by atoms with Crippen molar-refractivity contribution in [3.8, 4) is 12.1 Å². The quantitative estimate of drug-likeness (QED) is 0.467. The number of hydrogen-bond acceptors (Lipinski definition) is 8. The van der Waals surface area contributed by atoms with Crippen LogP contribution in [0.15, 0.2) is 30.6 Å². The van der Waals surface area contributed by atoms with Crippen LogP contribution in [0.5, 0.6) is 6.01 Å². The SMILES string of the molecule is C=C(F)C(=O)N1CCN(c2nc(OC[C@@H]3CCCN3C)nc3c2CN(C)C2(CCc4cccc(Cl)c42)C3)C[C@@H]1CC#N. The van der Waals surface area contributed by atoms with Gasteiger partial charge < -0.3 is 19.4 Å². The van der Waals surface area contributed by atoms with Crippen LogP contribution in [0.25, 0.3) is 0 Å². The Kier molecular flexibility index (Phi) is 7.85. The normalized spacial score (nSPS) is 25.8. The first-order chi connectivity index (χ1) is 20.2. The number of likely N-dealkylation sites (N-methyl/N-ethyl adjacent to an activating group) is 2. The van der Waals surface area contributed by atoms with E-state index < -0.39 is 17.8 Å². The molecule has 4 heterocycles. The van der Waals surface area contributed by atoms with E-state index in [9.17, 15) is 14.4 Å². The molecule has 3 atom stereocenters. The predicted molar refractivity (Wildman–Crippen MR) is 158 cm³/mol. The fourth-order valence-corrected chi connectivity index (χ4v) is 7.73. The van der Waals surface area contributed by atoms with Crippen molar-refractivity contribution in [1.82, 2.24) is 24.7 Å². The largest absolute Gasteiger partial charge is 0.462 e. The Morgan fingerprint density at radius 3 is 2.83 bits per heavy atom. The molecular formula is C31H37ClFN7O2. The summed E-state index contributed by atoms with van der Waals surface area (Å²) in [5.41, 5.74) is 4.14. The van der Waals surface area contributed by atoms with Gasteiger partial charge in [0.2, 0.25) is 0 Å². The van der Waals surface area contributed by atoms with Crippen molar-refractivity contribution in [2.45, 2.75) is 62.7 Å². The smallest absolute Gasteiger partial charge is 0.318 e. The summed E-state index contributed by atoms with van der Waals surface area (Å²) in [5, 5.41) is 10.3. The molecule has 11 heteroatoms. The number of nitrogens with zero attached hydrogens (tertiary/aromatic N) is 7. The Bertz CT molecular complexity index is 1450. The monoisotopic (exact) mass is 593 g/mol. The molecule has 2 fully saturated rings. The Balaban J connectivity index is 1.37. The number of aromatic nitrogens is 2. The van der Waals surface area contributed by atoms with Crippen molar-refractivity contribution in [3.05, 3.63) is 58.0 Å². The molecule has 1 amide bonds. The number of carbonyl (C=O) groups is 1. The molecular weight excluding hydrogens is 557 g/mol. The number of nitriles is 1. The molecule has 0 radical (unpaired) electrons. The summed E-state index contributed by atoms with van der Waals surface area (Å²) in [6.45, 7) is 6.41. The predicted octanol–water partition coefficient (Wildman–Crippen LogP) is 3.85. The molecule has 3 aliphatic heterocycles. The van der Waals surface area contributed by atoms with Gasteiger partial charge in [-0.05, 0) is 63.5 Å². The second-order valence-corrected chi connectivity index (χ2v) is 12.5. The number of anilines is 1. The molecule has 0 saturated carbocycles. The van der Waals surface area contributed by atoms with E-state index in [1.165, 1.54) is 16.0 Å². The third-order valence-electron chi connectivity index (χ3n) is 9.69. The van der Waals surface area contributed by atoms with Gasteiger partial charge in [0.15, 0.2) is 5.83 Å². The van der Waals surface area contributed by atoms with Crippen molar-refractivity contribution in [1.29, 1.82) is 5.26 Å². The van der Waals surface area contributed by atoms with Crippen LogP contribution in [-0.4, -0.2) is 89.5 Å². The first-order valence-corrected chi connectivity index (χ1v) is 15.1. The highest BCUT2D eigenvalue weighted by atomic mass is 35.5. The van der Waals surface area contributed by atoms with Gasteiger partial charge in [0, 0.05) is 49.2 Å². The molecule has 2 aromatic rings. The molecule has 2 saturated heterocycles. The number of piperazine rings is 1. The zero-order valence-electron chi connectivity index (χ0n) is 24.3. The van der Waals surface area contributed by atoms with Gasteiger partial charge in [-0.15, -0.1) is 0 Å². The molecule has 222 valence electrons. The Morgan fingerprint density at radius 2 is 2.10 bits per heavy atom. The van der Waals surface area contributed by atoms with Crippen LogP contribution in [0.2, 0.25) is 5.02 Å². The molecule has 1 unspecified atom stereocenters. The second kappa shape index (κ2) is 11.4. The second-order valence-electron chi connectivity index (χ2n) is 12.0. The first-order valence-electron chi connectivity index (χ1n) is 14.7. The van der Waals surface area contributed by atoms with Gasteiger partial charge in [-0.25, -0.2) is 4.39 Å². The number of halogens is 2. The molecule has 42 heavy (non-hydrogen) atoms. The third kappa shape index (κ3) is 5.01. The summed E-state index contributed by atoms with van der Waals surface area (Å²) in [6, 6.07) is 8.48. The molecule has 0 bridgehead atoms. The van der Waals surface area contributed by atoms with Crippen LogP contribution >= 0.6 is 11.6 Å². The van der Waals surface area contributed by atoms with Gasteiger partial charge in [0.25, 0.3) is 5.91 Å². The van der Waals surface area contributed by atoms with E-state index in [4.69, 9.17) is 26.3 Å². The van der Waals surface area contributed by atoms with E-state index in [1.54, 1.807) is 0 Å². The average molecular weight is 594 g/mol. The molecule has 1 aliphatic carbocycles. The van der Waals surface area contributed by atoms with Crippen molar-refractivity contribution in [3.63, 3.8) is 0 Å². The molecule has 4 aliphatic rings.